The van der Waals surface area contributed by atoms with Crippen molar-refractivity contribution < 1.29 is 0 Å². The van der Waals surface area contributed by atoms with E-state index in [1.54, 1.807) is 0 Å². The molecule has 14 heavy (non-hydrogen) atoms. The highest BCUT2D eigenvalue weighted by atomic mass is 15.1. The highest BCUT2D eigenvalue weighted by Crippen LogP contribution is 2.05. The second-order valence-electron chi connectivity index (χ2n) is 3.18. The van der Waals surface area contributed by atoms with Gasteiger partial charge in [0, 0.05) is 25.7 Å². The van der Waals surface area contributed by atoms with Crippen LogP contribution in [0.4, 0.5) is 0 Å². The minimum atomic E-state index is 0.760. The van der Waals surface area contributed by atoms with E-state index in [1.807, 2.05) is 13.1 Å². The van der Waals surface area contributed by atoms with Crippen LogP contribution in [0, 0.1) is 19.3 Å². The lowest BCUT2D eigenvalue weighted by Crippen LogP contribution is -2.16. The highest BCUT2D eigenvalue weighted by molar-refractivity contribution is 5.05. The van der Waals surface area contributed by atoms with Crippen molar-refractivity contribution in [1.82, 2.24) is 14.9 Å². The quantitative estimate of drug-likeness (QED) is 0.711. The van der Waals surface area contributed by atoms with Gasteiger partial charge in [-0.15, -0.1) is 12.3 Å². The highest BCUT2D eigenvalue weighted by Gasteiger charge is 2.04. The first-order valence-corrected chi connectivity index (χ1v) is 4.94. The molecule has 1 aromatic rings. The van der Waals surface area contributed by atoms with Gasteiger partial charge in [-0.05, 0) is 13.5 Å². The largest absolute Gasteiger partial charge is 0.330 e. The van der Waals surface area contributed by atoms with Gasteiger partial charge in [0.05, 0.1) is 5.69 Å². The molecule has 76 valence electrons. The molecule has 0 saturated heterocycles. The standard InChI is InChI=1S/C11H17N3/c1-4-6-7-14-10(3)13-9-11(14)8-12-5-2/h1,9,12H,5-8H2,2-3H3. The van der Waals surface area contributed by atoms with E-state index >= 15 is 0 Å². The van der Waals surface area contributed by atoms with Crippen molar-refractivity contribution in [1.29, 1.82) is 0 Å². The van der Waals surface area contributed by atoms with Crippen molar-refractivity contribution in [2.24, 2.45) is 0 Å². The Morgan fingerprint density at radius 1 is 1.64 bits per heavy atom. The van der Waals surface area contributed by atoms with Gasteiger partial charge < -0.3 is 9.88 Å². The summed E-state index contributed by atoms with van der Waals surface area (Å²) < 4.78 is 2.17. The van der Waals surface area contributed by atoms with E-state index in [0.717, 1.165) is 31.9 Å². The van der Waals surface area contributed by atoms with E-state index in [9.17, 15) is 0 Å². The lowest BCUT2D eigenvalue weighted by Gasteiger charge is -2.08. The van der Waals surface area contributed by atoms with Gasteiger partial charge in [0.15, 0.2) is 0 Å². The number of aromatic nitrogens is 2. The first-order chi connectivity index (χ1) is 6.79. The number of aryl methyl sites for hydroxylation is 1. The number of nitrogens with one attached hydrogen (secondary N) is 1. The Hall–Kier alpha value is -1.27. The molecule has 0 aromatic carbocycles. The molecule has 0 bridgehead atoms. The summed E-state index contributed by atoms with van der Waals surface area (Å²) in [6.07, 6.45) is 7.92. The number of imidazole rings is 1. The Labute approximate surface area is 85.5 Å². The molecule has 0 atom stereocenters. The summed E-state index contributed by atoms with van der Waals surface area (Å²) in [6, 6.07) is 0. The van der Waals surface area contributed by atoms with Crippen molar-refractivity contribution in [3.05, 3.63) is 17.7 Å². The first-order valence-electron chi connectivity index (χ1n) is 4.94. The van der Waals surface area contributed by atoms with E-state index in [1.165, 1.54) is 5.69 Å². The molecule has 0 spiro atoms. The SMILES string of the molecule is C#CCCn1c(CNCC)cnc1C. The predicted molar refractivity (Wildman–Crippen MR) is 57.8 cm³/mol. The molecule has 1 heterocycles. The van der Waals surface area contributed by atoms with Gasteiger partial charge in [-0.3, -0.25) is 0 Å². The maximum absolute atomic E-state index is 5.25. The van der Waals surface area contributed by atoms with Gasteiger partial charge in [-0.1, -0.05) is 6.92 Å². The molecule has 1 N–H and O–H groups in total. The summed E-state index contributed by atoms with van der Waals surface area (Å²) in [5, 5.41) is 3.28. The number of hydrogen-bond donors (Lipinski definition) is 1. The fraction of sp³-hybridized carbons (Fsp3) is 0.545. The van der Waals surface area contributed by atoms with Crippen molar-refractivity contribution in [3.63, 3.8) is 0 Å². The summed E-state index contributed by atoms with van der Waals surface area (Å²) in [6.45, 7) is 6.80. The lowest BCUT2D eigenvalue weighted by molar-refractivity contribution is 0.617. The maximum Gasteiger partial charge on any atom is 0.105 e. The van der Waals surface area contributed by atoms with Crippen LogP contribution >= 0.6 is 0 Å². The topological polar surface area (TPSA) is 29.9 Å². The third kappa shape index (κ3) is 2.61. The number of hydrogen-bond acceptors (Lipinski definition) is 2. The Morgan fingerprint density at radius 2 is 2.43 bits per heavy atom. The predicted octanol–water partition coefficient (Wildman–Crippen LogP) is 1.32. The molecule has 0 aliphatic carbocycles. The zero-order valence-corrected chi connectivity index (χ0v) is 8.88. The molecular formula is C11H17N3. The van der Waals surface area contributed by atoms with Crippen molar-refractivity contribution in [2.45, 2.75) is 33.4 Å². The summed E-state index contributed by atoms with van der Waals surface area (Å²) >= 11 is 0. The van der Waals surface area contributed by atoms with Crippen LogP contribution < -0.4 is 5.32 Å². The molecule has 0 radical (unpaired) electrons. The number of rotatable bonds is 5. The minimum absolute atomic E-state index is 0.760. The van der Waals surface area contributed by atoms with Crippen LogP contribution in [-0.2, 0) is 13.1 Å². The lowest BCUT2D eigenvalue weighted by atomic mass is 10.4. The molecule has 0 amide bonds. The molecule has 0 aliphatic rings. The van der Waals surface area contributed by atoms with E-state index in [4.69, 9.17) is 6.42 Å². The van der Waals surface area contributed by atoms with Crippen LogP contribution in [-0.4, -0.2) is 16.1 Å². The van der Waals surface area contributed by atoms with Crippen molar-refractivity contribution in [3.8, 4) is 12.3 Å². The third-order valence-corrected chi connectivity index (χ3v) is 2.17. The van der Waals surface area contributed by atoms with Gasteiger partial charge in [0.25, 0.3) is 0 Å². The summed E-state index contributed by atoms with van der Waals surface area (Å²) in [5.74, 6) is 3.68. The van der Waals surface area contributed by atoms with Crippen LogP contribution in [0.5, 0.6) is 0 Å². The summed E-state index contributed by atoms with van der Waals surface area (Å²) in [7, 11) is 0. The molecule has 0 unspecified atom stereocenters. The fourth-order valence-electron chi connectivity index (χ4n) is 1.39. The van der Waals surface area contributed by atoms with E-state index < -0.39 is 0 Å². The molecule has 1 aromatic heterocycles. The monoisotopic (exact) mass is 191 g/mol. The Bertz CT molecular complexity index is 320. The average molecular weight is 191 g/mol. The van der Waals surface area contributed by atoms with Crippen LogP contribution in [0.25, 0.3) is 0 Å². The molecule has 0 fully saturated rings. The van der Waals surface area contributed by atoms with E-state index in [2.05, 4.69) is 27.7 Å². The summed E-state index contributed by atoms with van der Waals surface area (Å²) in [4.78, 5) is 4.28. The molecule has 3 nitrogen and oxygen atoms in total. The van der Waals surface area contributed by atoms with Crippen LogP contribution in [0.15, 0.2) is 6.20 Å². The van der Waals surface area contributed by atoms with Gasteiger partial charge >= 0.3 is 0 Å². The smallest absolute Gasteiger partial charge is 0.105 e. The third-order valence-electron chi connectivity index (χ3n) is 2.17. The second kappa shape index (κ2) is 5.46. The number of nitrogens with zero attached hydrogens (tertiary/aromatic N) is 2. The van der Waals surface area contributed by atoms with Crippen molar-refractivity contribution >= 4 is 0 Å². The maximum atomic E-state index is 5.25. The first kappa shape index (κ1) is 10.8. The Balaban J connectivity index is 2.68. The van der Waals surface area contributed by atoms with Gasteiger partial charge in [-0.2, -0.15) is 0 Å². The summed E-state index contributed by atoms with van der Waals surface area (Å²) in [5.41, 5.74) is 1.21. The second-order valence-corrected chi connectivity index (χ2v) is 3.18. The van der Waals surface area contributed by atoms with E-state index in [0.29, 0.717) is 0 Å². The minimum Gasteiger partial charge on any atom is -0.330 e. The van der Waals surface area contributed by atoms with Gasteiger partial charge in [0.1, 0.15) is 5.82 Å². The molecule has 0 aliphatic heterocycles. The normalized spacial score (nSPS) is 10.1. The van der Waals surface area contributed by atoms with Crippen LogP contribution in [0.1, 0.15) is 24.9 Å². The Kier molecular flexibility index (Phi) is 4.21. The molecule has 0 saturated carbocycles. The number of terminal acetylenes is 1. The average Bonchev–Trinajstić information content (AvgIpc) is 2.53. The van der Waals surface area contributed by atoms with Crippen LogP contribution in [0.3, 0.4) is 0 Å². The van der Waals surface area contributed by atoms with Gasteiger partial charge in [0.2, 0.25) is 0 Å². The zero-order valence-electron chi connectivity index (χ0n) is 8.88. The molecule has 3 heteroatoms. The Morgan fingerprint density at radius 3 is 3.07 bits per heavy atom. The van der Waals surface area contributed by atoms with Gasteiger partial charge in [-0.25, -0.2) is 4.98 Å². The molecular weight excluding hydrogens is 174 g/mol. The van der Waals surface area contributed by atoms with Crippen LogP contribution in [0.2, 0.25) is 0 Å². The zero-order chi connectivity index (χ0) is 10.4. The fourth-order valence-corrected chi connectivity index (χ4v) is 1.39. The molecule has 1 rings (SSSR count). The van der Waals surface area contributed by atoms with Crippen molar-refractivity contribution in [2.75, 3.05) is 6.54 Å². The van der Waals surface area contributed by atoms with E-state index in [-0.39, 0.29) is 0 Å².